The number of hydrogen-bond donors (Lipinski definition) is 2. The number of benzene rings is 2. The minimum absolute atomic E-state index is 0.0353. The van der Waals surface area contributed by atoms with Crippen molar-refractivity contribution in [3.05, 3.63) is 63.2 Å². The van der Waals surface area contributed by atoms with Gasteiger partial charge in [-0.15, -0.1) is 0 Å². The van der Waals surface area contributed by atoms with E-state index >= 15 is 0 Å². The van der Waals surface area contributed by atoms with E-state index in [0.717, 1.165) is 21.3 Å². The summed E-state index contributed by atoms with van der Waals surface area (Å²) in [5.74, 6) is 0.356. The largest absolute Gasteiger partial charge is 0.497 e. The molecule has 0 saturated carbocycles. The number of hydrogen-bond acceptors (Lipinski definition) is 3. The van der Waals surface area contributed by atoms with Crippen LogP contribution >= 0.6 is 22.6 Å². The number of ether oxygens (including phenoxy) is 1. The van der Waals surface area contributed by atoms with Crippen LogP contribution in [0.5, 0.6) is 5.75 Å². The number of amides is 2. The molecule has 0 atom stereocenters. The quantitative estimate of drug-likeness (QED) is 0.653. The summed E-state index contributed by atoms with van der Waals surface area (Å²) in [6.07, 6.45) is 0.722. The molecule has 2 amide bonds. The predicted octanol–water partition coefficient (Wildman–Crippen LogP) is 2.39. The standard InChI is InChI=1S/C18H19IN2O3/c1-24-14-8-6-13(7-9-14)10-11-20-17(22)12-21-18(23)15-4-2-3-5-16(15)19/h2-9H,10-12H2,1H3,(H,20,22)(H,21,23). The van der Waals surface area contributed by atoms with Gasteiger partial charge < -0.3 is 15.4 Å². The Morgan fingerprint density at radius 3 is 2.42 bits per heavy atom. The van der Waals surface area contributed by atoms with Crippen LogP contribution < -0.4 is 15.4 Å². The second-order valence-electron chi connectivity index (χ2n) is 5.11. The van der Waals surface area contributed by atoms with Crippen LogP contribution in [0.4, 0.5) is 0 Å². The Morgan fingerprint density at radius 1 is 1.04 bits per heavy atom. The summed E-state index contributed by atoms with van der Waals surface area (Å²) in [5, 5.41) is 5.43. The van der Waals surface area contributed by atoms with E-state index in [1.807, 2.05) is 36.4 Å². The molecule has 2 aromatic carbocycles. The van der Waals surface area contributed by atoms with E-state index in [9.17, 15) is 9.59 Å². The van der Waals surface area contributed by atoms with Crippen molar-refractivity contribution < 1.29 is 14.3 Å². The third-order valence-electron chi connectivity index (χ3n) is 3.42. The maximum absolute atomic E-state index is 12.0. The number of methoxy groups -OCH3 is 1. The molecule has 0 bridgehead atoms. The lowest BCUT2D eigenvalue weighted by Gasteiger charge is -2.08. The smallest absolute Gasteiger partial charge is 0.252 e. The molecule has 24 heavy (non-hydrogen) atoms. The summed E-state index contributed by atoms with van der Waals surface area (Å²) in [4.78, 5) is 23.8. The van der Waals surface area contributed by atoms with Gasteiger partial charge in [-0.25, -0.2) is 0 Å². The van der Waals surface area contributed by atoms with E-state index in [0.29, 0.717) is 12.1 Å². The number of nitrogens with one attached hydrogen (secondary N) is 2. The molecule has 0 aromatic heterocycles. The SMILES string of the molecule is COc1ccc(CCNC(=O)CNC(=O)c2ccccc2I)cc1. The summed E-state index contributed by atoms with van der Waals surface area (Å²) in [5.41, 5.74) is 1.68. The lowest BCUT2D eigenvalue weighted by atomic mass is 10.1. The fourth-order valence-electron chi connectivity index (χ4n) is 2.10. The zero-order chi connectivity index (χ0) is 17.4. The monoisotopic (exact) mass is 438 g/mol. The fourth-order valence-corrected chi connectivity index (χ4v) is 2.73. The number of carbonyl (C=O) groups excluding carboxylic acids is 2. The Bertz CT molecular complexity index is 702. The van der Waals surface area contributed by atoms with Crippen LogP contribution in [0, 0.1) is 3.57 Å². The van der Waals surface area contributed by atoms with Gasteiger partial charge in [0, 0.05) is 10.1 Å². The summed E-state index contributed by atoms with van der Waals surface area (Å²) in [7, 11) is 1.62. The Hall–Kier alpha value is -2.09. The van der Waals surface area contributed by atoms with Crippen LogP contribution in [-0.4, -0.2) is 32.0 Å². The highest BCUT2D eigenvalue weighted by Crippen LogP contribution is 2.11. The van der Waals surface area contributed by atoms with E-state index in [-0.39, 0.29) is 18.4 Å². The van der Waals surface area contributed by atoms with Gasteiger partial charge in [-0.3, -0.25) is 9.59 Å². The third kappa shape index (κ3) is 5.52. The number of rotatable bonds is 7. The molecule has 0 aliphatic rings. The van der Waals surface area contributed by atoms with Gasteiger partial charge in [0.2, 0.25) is 5.91 Å². The van der Waals surface area contributed by atoms with Crippen LogP contribution in [0.2, 0.25) is 0 Å². The molecular weight excluding hydrogens is 419 g/mol. The van der Waals surface area contributed by atoms with Gasteiger partial charge in [0.05, 0.1) is 19.2 Å². The van der Waals surface area contributed by atoms with Crippen molar-refractivity contribution in [3.8, 4) is 5.75 Å². The zero-order valence-corrected chi connectivity index (χ0v) is 15.5. The van der Waals surface area contributed by atoms with Gasteiger partial charge in [0.15, 0.2) is 0 Å². The molecule has 0 aliphatic carbocycles. The normalized spacial score (nSPS) is 10.1. The molecule has 0 spiro atoms. The fraction of sp³-hybridized carbons (Fsp3) is 0.222. The maximum atomic E-state index is 12.0. The molecule has 2 N–H and O–H groups in total. The average Bonchev–Trinajstić information content (AvgIpc) is 2.60. The minimum Gasteiger partial charge on any atom is -0.497 e. The van der Waals surface area contributed by atoms with Crippen LogP contribution in [0.25, 0.3) is 0 Å². The van der Waals surface area contributed by atoms with Gasteiger partial charge >= 0.3 is 0 Å². The molecule has 0 fully saturated rings. The first kappa shape index (κ1) is 18.3. The van der Waals surface area contributed by atoms with E-state index in [4.69, 9.17) is 4.74 Å². The molecule has 0 aliphatic heterocycles. The molecule has 0 heterocycles. The van der Waals surface area contributed by atoms with Crippen LogP contribution in [0.3, 0.4) is 0 Å². The highest BCUT2D eigenvalue weighted by Gasteiger charge is 2.10. The lowest BCUT2D eigenvalue weighted by molar-refractivity contribution is -0.120. The van der Waals surface area contributed by atoms with E-state index in [2.05, 4.69) is 33.2 Å². The van der Waals surface area contributed by atoms with Gasteiger partial charge in [-0.1, -0.05) is 24.3 Å². The second kappa shape index (κ2) is 9.27. The third-order valence-corrected chi connectivity index (χ3v) is 4.36. The number of halogens is 1. The van der Waals surface area contributed by atoms with Gasteiger partial charge in [0.1, 0.15) is 5.75 Å². The highest BCUT2D eigenvalue weighted by atomic mass is 127. The van der Waals surface area contributed by atoms with Crippen molar-refractivity contribution in [2.45, 2.75) is 6.42 Å². The first-order chi connectivity index (χ1) is 11.6. The van der Waals surface area contributed by atoms with E-state index < -0.39 is 0 Å². The van der Waals surface area contributed by atoms with Crippen LogP contribution in [-0.2, 0) is 11.2 Å². The Kier molecular flexibility index (Phi) is 7.05. The molecule has 6 heteroatoms. The summed E-state index contributed by atoms with van der Waals surface area (Å²) >= 11 is 2.10. The van der Waals surface area contributed by atoms with Crippen molar-refractivity contribution >= 4 is 34.4 Å². The van der Waals surface area contributed by atoms with Gasteiger partial charge in [-0.2, -0.15) is 0 Å². The Labute approximate surface area is 154 Å². The van der Waals surface area contributed by atoms with Crippen molar-refractivity contribution in [1.29, 1.82) is 0 Å². The maximum Gasteiger partial charge on any atom is 0.252 e. The van der Waals surface area contributed by atoms with E-state index in [1.165, 1.54) is 0 Å². The van der Waals surface area contributed by atoms with Gasteiger partial charge in [0.25, 0.3) is 5.91 Å². The molecular formula is C18H19IN2O3. The van der Waals surface area contributed by atoms with Crippen molar-refractivity contribution in [2.24, 2.45) is 0 Å². The molecule has 0 saturated heterocycles. The van der Waals surface area contributed by atoms with Crippen LogP contribution in [0.15, 0.2) is 48.5 Å². The molecule has 126 valence electrons. The Morgan fingerprint density at radius 2 is 1.75 bits per heavy atom. The summed E-state index contributed by atoms with van der Waals surface area (Å²) in [6.45, 7) is 0.482. The first-order valence-electron chi connectivity index (χ1n) is 7.52. The molecule has 5 nitrogen and oxygen atoms in total. The summed E-state index contributed by atoms with van der Waals surface area (Å²) < 4.78 is 5.95. The minimum atomic E-state index is -0.245. The van der Waals surface area contributed by atoms with Gasteiger partial charge in [-0.05, 0) is 58.8 Å². The zero-order valence-electron chi connectivity index (χ0n) is 13.3. The second-order valence-corrected chi connectivity index (χ2v) is 6.27. The molecule has 0 radical (unpaired) electrons. The lowest BCUT2D eigenvalue weighted by Crippen LogP contribution is -2.37. The predicted molar refractivity (Wildman–Crippen MR) is 101 cm³/mol. The van der Waals surface area contributed by atoms with Crippen molar-refractivity contribution in [2.75, 3.05) is 20.2 Å². The molecule has 0 unspecified atom stereocenters. The molecule has 2 aromatic rings. The van der Waals surface area contributed by atoms with Crippen LogP contribution in [0.1, 0.15) is 15.9 Å². The Balaban J connectivity index is 1.71. The topological polar surface area (TPSA) is 67.4 Å². The van der Waals surface area contributed by atoms with E-state index in [1.54, 1.807) is 19.2 Å². The first-order valence-corrected chi connectivity index (χ1v) is 8.60. The number of carbonyl (C=O) groups is 2. The summed E-state index contributed by atoms with van der Waals surface area (Å²) in [6, 6.07) is 14.9. The highest BCUT2D eigenvalue weighted by molar-refractivity contribution is 14.1. The molecule has 2 rings (SSSR count). The average molecular weight is 438 g/mol. The van der Waals surface area contributed by atoms with Crippen molar-refractivity contribution in [3.63, 3.8) is 0 Å². The van der Waals surface area contributed by atoms with Crippen molar-refractivity contribution in [1.82, 2.24) is 10.6 Å².